The molecule has 0 aliphatic carbocycles. The van der Waals surface area contributed by atoms with Gasteiger partial charge in [-0.15, -0.1) is 0 Å². The van der Waals surface area contributed by atoms with Crippen molar-refractivity contribution in [3.8, 4) is 5.75 Å². The molecule has 0 aliphatic heterocycles. The fourth-order valence-electron chi connectivity index (χ4n) is 1.69. The van der Waals surface area contributed by atoms with Crippen LogP contribution in [0, 0.1) is 6.92 Å². The fourth-order valence-corrected chi connectivity index (χ4v) is 1.69. The van der Waals surface area contributed by atoms with Crippen molar-refractivity contribution in [2.24, 2.45) is 12.0 Å². The zero-order valence-corrected chi connectivity index (χ0v) is 11.1. The molecule has 0 N–H and O–H groups in total. The third-order valence-corrected chi connectivity index (χ3v) is 2.85. The third kappa shape index (κ3) is 2.42. The molecule has 0 spiro atoms. The molecule has 1 aromatic carbocycles. The fraction of sp³-hybridized carbons (Fsp3) is 0.286. The van der Waals surface area contributed by atoms with Gasteiger partial charge in [-0.1, -0.05) is 12.1 Å². The van der Waals surface area contributed by atoms with Crippen molar-refractivity contribution in [1.29, 1.82) is 0 Å². The largest absolute Gasteiger partial charge is 0.494 e. The molecular weight excluding hydrogens is 226 g/mol. The Hall–Kier alpha value is -2.10. The van der Waals surface area contributed by atoms with Gasteiger partial charge < -0.3 is 9.30 Å². The molecule has 0 amide bonds. The molecule has 0 radical (unpaired) electrons. The number of para-hydroxylation sites is 2. The van der Waals surface area contributed by atoms with E-state index in [1.54, 1.807) is 7.11 Å². The molecule has 0 fully saturated rings. The standard InChI is InChI=1S/C14H17N3O/c1-10(13-9-17(3)11(2)16-13)15-12-7-5-6-8-14(12)18-4/h5-9H,1-4H3. The Morgan fingerprint density at radius 3 is 2.67 bits per heavy atom. The van der Waals surface area contributed by atoms with Crippen LogP contribution in [-0.2, 0) is 7.05 Å². The predicted octanol–water partition coefficient (Wildman–Crippen LogP) is 2.88. The SMILES string of the molecule is COc1ccccc1N=C(C)c1cn(C)c(C)n1. The van der Waals surface area contributed by atoms with Crippen molar-refractivity contribution in [1.82, 2.24) is 9.55 Å². The summed E-state index contributed by atoms with van der Waals surface area (Å²) in [6.45, 7) is 3.92. The number of hydrogen-bond acceptors (Lipinski definition) is 3. The lowest BCUT2D eigenvalue weighted by molar-refractivity contribution is 0.416. The number of aryl methyl sites for hydroxylation is 2. The van der Waals surface area contributed by atoms with Gasteiger partial charge in [0, 0.05) is 13.2 Å². The lowest BCUT2D eigenvalue weighted by atomic mass is 10.2. The van der Waals surface area contributed by atoms with Gasteiger partial charge in [0.2, 0.25) is 0 Å². The first-order valence-corrected chi connectivity index (χ1v) is 5.80. The first kappa shape index (κ1) is 12.4. The van der Waals surface area contributed by atoms with Crippen molar-refractivity contribution in [2.45, 2.75) is 13.8 Å². The number of nitrogens with zero attached hydrogens (tertiary/aromatic N) is 3. The lowest BCUT2D eigenvalue weighted by Crippen LogP contribution is -1.95. The molecule has 18 heavy (non-hydrogen) atoms. The molecule has 1 aromatic heterocycles. The van der Waals surface area contributed by atoms with Gasteiger partial charge in [0.05, 0.1) is 12.8 Å². The van der Waals surface area contributed by atoms with Crippen LogP contribution in [0.25, 0.3) is 0 Å². The highest BCUT2D eigenvalue weighted by molar-refractivity contribution is 5.98. The van der Waals surface area contributed by atoms with Crippen LogP contribution in [0.3, 0.4) is 0 Å². The first-order chi connectivity index (χ1) is 8.61. The summed E-state index contributed by atoms with van der Waals surface area (Å²) in [5.74, 6) is 1.74. The lowest BCUT2D eigenvalue weighted by Gasteiger charge is -2.04. The Bertz CT molecular complexity index is 565. The van der Waals surface area contributed by atoms with E-state index in [9.17, 15) is 0 Å². The Morgan fingerprint density at radius 1 is 1.33 bits per heavy atom. The van der Waals surface area contributed by atoms with Crippen LogP contribution >= 0.6 is 0 Å². The van der Waals surface area contributed by atoms with Gasteiger partial charge >= 0.3 is 0 Å². The van der Waals surface area contributed by atoms with Crippen LogP contribution in [0.15, 0.2) is 35.5 Å². The number of ether oxygens (including phenoxy) is 1. The molecule has 4 heteroatoms. The van der Waals surface area contributed by atoms with E-state index < -0.39 is 0 Å². The topological polar surface area (TPSA) is 39.4 Å². The van der Waals surface area contributed by atoms with E-state index in [1.165, 1.54) is 0 Å². The molecule has 0 saturated heterocycles. The molecule has 4 nitrogen and oxygen atoms in total. The van der Waals surface area contributed by atoms with E-state index in [-0.39, 0.29) is 0 Å². The summed E-state index contributed by atoms with van der Waals surface area (Å²) in [5, 5.41) is 0. The number of hydrogen-bond donors (Lipinski definition) is 0. The molecule has 0 unspecified atom stereocenters. The second kappa shape index (κ2) is 5.04. The molecule has 2 aromatic rings. The van der Waals surface area contributed by atoms with Crippen molar-refractivity contribution < 1.29 is 4.74 Å². The number of aromatic nitrogens is 2. The van der Waals surface area contributed by atoms with Gasteiger partial charge in [-0.25, -0.2) is 9.98 Å². The summed E-state index contributed by atoms with van der Waals surface area (Å²) in [7, 11) is 3.62. The quantitative estimate of drug-likeness (QED) is 0.777. The van der Waals surface area contributed by atoms with Gasteiger partial charge in [-0.05, 0) is 26.0 Å². The first-order valence-electron chi connectivity index (χ1n) is 5.80. The van der Waals surface area contributed by atoms with E-state index in [0.29, 0.717) is 0 Å². The summed E-state index contributed by atoms with van der Waals surface area (Å²) in [4.78, 5) is 9.02. The van der Waals surface area contributed by atoms with Crippen LogP contribution in [-0.4, -0.2) is 22.4 Å². The Kier molecular flexibility index (Phi) is 3.46. The highest BCUT2D eigenvalue weighted by atomic mass is 16.5. The van der Waals surface area contributed by atoms with Gasteiger partial charge in [-0.3, -0.25) is 0 Å². The minimum atomic E-state index is 0.768. The average molecular weight is 243 g/mol. The summed E-state index contributed by atoms with van der Waals surface area (Å²) in [6, 6.07) is 7.70. The summed E-state index contributed by atoms with van der Waals surface area (Å²) < 4.78 is 7.26. The van der Waals surface area contributed by atoms with Gasteiger partial charge in [0.15, 0.2) is 0 Å². The molecule has 1 heterocycles. The van der Waals surface area contributed by atoms with Crippen LogP contribution in [0.1, 0.15) is 18.4 Å². The number of aliphatic imine (C=N–C) groups is 1. The number of benzene rings is 1. The molecule has 2 rings (SSSR count). The van der Waals surface area contributed by atoms with Gasteiger partial charge in [0.25, 0.3) is 0 Å². The van der Waals surface area contributed by atoms with E-state index in [1.807, 2.05) is 55.9 Å². The minimum Gasteiger partial charge on any atom is -0.494 e. The van der Waals surface area contributed by atoms with E-state index >= 15 is 0 Å². The van der Waals surface area contributed by atoms with Crippen molar-refractivity contribution in [2.75, 3.05) is 7.11 Å². The Morgan fingerprint density at radius 2 is 2.06 bits per heavy atom. The van der Waals surface area contributed by atoms with Crippen LogP contribution in [0.4, 0.5) is 5.69 Å². The number of rotatable bonds is 3. The van der Waals surface area contributed by atoms with Crippen molar-refractivity contribution >= 4 is 11.4 Å². The average Bonchev–Trinajstić information content (AvgIpc) is 2.70. The maximum Gasteiger partial charge on any atom is 0.144 e. The van der Waals surface area contributed by atoms with Gasteiger partial charge in [0.1, 0.15) is 23.0 Å². The van der Waals surface area contributed by atoms with E-state index in [0.717, 1.165) is 28.7 Å². The highest BCUT2D eigenvalue weighted by Gasteiger charge is 2.06. The van der Waals surface area contributed by atoms with Gasteiger partial charge in [-0.2, -0.15) is 0 Å². The zero-order chi connectivity index (χ0) is 13.1. The summed E-state index contributed by atoms with van der Waals surface area (Å²) in [6.07, 6.45) is 1.98. The third-order valence-electron chi connectivity index (χ3n) is 2.85. The summed E-state index contributed by atoms with van der Waals surface area (Å²) >= 11 is 0. The van der Waals surface area contributed by atoms with Crippen LogP contribution in [0.2, 0.25) is 0 Å². The van der Waals surface area contributed by atoms with E-state index in [4.69, 9.17) is 4.74 Å². The second-order valence-electron chi connectivity index (χ2n) is 4.15. The maximum atomic E-state index is 5.28. The normalized spacial score (nSPS) is 11.7. The molecule has 0 saturated carbocycles. The maximum absolute atomic E-state index is 5.28. The second-order valence-corrected chi connectivity index (χ2v) is 4.15. The molecule has 0 bridgehead atoms. The molecular formula is C14H17N3O. The van der Waals surface area contributed by atoms with E-state index in [2.05, 4.69) is 9.98 Å². The summed E-state index contributed by atoms with van der Waals surface area (Å²) in [5.41, 5.74) is 2.59. The zero-order valence-electron chi connectivity index (χ0n) is 11.1. The highest BCUT2D eigenvalue weighted by Crippen LogP contribution is 2.26. The monoisotopic (exact) mass is 243 g/mol. The predicted molar refractivity (Wildman–Crippen MR) is 72.8 cm³/mol. The minimum absolute atomic E-state index is 0.768. The Balaban J connectivity index is 2.38. The Labute approximate surface area is 107 Å². The number of imidazole rings is 1. The smallest absolute Gasteiger partial charge is 0.144 e. The molecule has 0 atom stereocenters. The number of methoxy groups -OCH3 is 1. The van der Waals surface area contributed by atoms with Crippen LogP contribution < -0.4 is 4.74 Å². The van der Waals surface area contributed by atoms with Crippen molar-refractivity contribution in [3.05, 3.63) is 42.0 Å². The molecule has 94 valence electrons. The van der Waals surface area contributed by atoms with Crippen molar-refractivity contribution in [3.63, 3.8) is 0 Å². The van der Waals surface area contributed by atoms with Crippen LogP contribution in [0.5, 0.6) is 5.75 Å². The molecule has 0 aliphatic rings.